The highest BCUT2D eigenvalue weighted by molar-refractivity contribution is 5.71. The third kappa shape index (κ3) is 3.75. The van der Waals surface area contributed by atoms with Crippen molar-refractivity contribution in [2.45, 2.75) is 26.8 Å². The highest BCUT2D eigenvalue weighted by atomic mass is 19.1. The molecule has 7 heteroatoms. The number of hydrogen-bond acceptors (Lipinski definition) is 5. The molecule has 0 amide bonds. The second-order valence-electron chi connectivity index (χ2n) is 5.80. The van der Waals surface area contributed by atoms with Gasteiger partial charge in [-0.05, 0) is 40.5 Å². The van der Waals surface area contributed by atoms with Gasteiger partial charge in [-0.2, -0.15) is 0 Å². The molecule has 0 radical (unpaired) electrons. The van der Waals surface area contributed by atoms with Crippen LogP contribution in [0.25, 0.3) is 11.4 Å². The van der Waals surface area contributed by atoms with Gasteiger partial charge in [0, 0.05) is 25.0 Å². The molecule has 0 aliphatic carbocycles. The number of ether oxygens (including phenoxy) is 1. The number of nitrogens with two attached hydrogens (primary N) is 1. The van der Waals surface area contributed by atoms with Crippen molar-refractivity contribution in [2.75, 3.05) is 19.5 Å². The summed E-state index contributed by atoms with van der Waals surface area (Å²) in [7, 11) is 1.67. The van der Waals surface area contributed by atoms with Gasteiger partial charge in [-0.1, -0.05) is 13.8 Å². The Balaban J connectivity index is 2.28. The summed E-state index contributed by atoms with van der Waals surface area (Å²) in [4.78, 5) is 0. The number of anilines is 1. The van der Waals surface area contributed by atoms with Crippen LogP contribution in [0.5, 0.6) is 0 Å². The Kier molecular flexibility index (Phi) is 4.52. The molecule has 0 bridgehead atoms. The van der Waals surface area contributed by atoms with Crippen molar-refractivity contribution in [3.8, 4) is 11.4 Å². The minimum absolute atomic E-state index is 0.0533. The van der Waals surface area contributed by atoms with E-state index in [2.05, 4.69) is 29.4 Å². The summed E-state index contributed by atoms with van der Waals surface area (Å²) in [6, 6.07) is 4.18. The molecule has 1 heterocycles. The van der Waals surface area contributed by atoms with E-state index in [0.29, 0.717) is 30.2 Å². The fourth-order valence-corrected chi connectivity index (χ4v) is 2.09. The van der Waals surface area contributed by atoms with Crippen LogP contribution >= 0.6 is 0 Å². The van der Waals surface area contributed by atoms with E-state index in [0.717, 1.165) is 6.42 Å². The molecule has 6 nitrogen and oxygen atoms in total. The van der Waals surface area contributed by atoms with Gasteiger partial charge in [0.1, 0.15) is 5.82 Å². The highest BCUT2D eigenvalue weighted by Crippen LogP contribution is 2.28. The average Bonchev–Trinajstić information content (AvgIpc) is 2.86. The first-order chi connectivity index (χ1) is 9.93. The number of halogens is 1. The zero-order chi connectivity index (χ0) is 15.5. The Morgan fingerprint density at radius 3 is 2.86 bits per heavy atom. The van der Waals surface area contributed by atoms with Crippen molar-refractivity contribution in [3.63, 3.8) is 0 Å². The normalized spacial score (nSPS) is 11.8. The van der Waals surface area contributed by atoms with Gasteiger partial charge in [-0.15, -0.1) is 5.10 Å². The predicted molar refractivity (Wildman–Crippen MR) is 77.9 cm³/mol. The van der Waals surface area contributed by atoms with E-state index < -0.39 is 0 Å². The van der Waals surface area contributed by atoms with Gasteiger partial charge in [0.25, 0.3) is 0 Å². The number of benzene rings is 1. The summed E-state index contributed by atoms with van der Waals surface area (Å²) in [5.74, 6) is 0.102. The topological polar surface area (TPSA) is 78.8 Å². The highest BCUT2D eigenvalue weighted by Gasteiger charge is 2.22. The summed E-state index contributed by atoms with van der Waals surface area (Å²) in [5, 5.41) is 11.7. The fraction of sp³-hybridized carbons (Fsp3) is 0.500. The van der Waals surface area contributed by atoms with Crippen LogP contribution in [-0.4, -0.2) is 33.9 Å². The van der Waals surface area contributed by atoms with Crippen LogP contribution in [-0.2, 0) is 11.3 Å². The molecule has 0 aliphatic heterocycles. The van der Waals surface area contributed by atoms with Crippen LogP contribution in [0.4, 0.5) is 10.1 Å². The number of nitrogen functional groups attached to an aromatic ring is 1. The van der Waals surface area contributed by atoms with Gasteiger partial charge >= 0.3 is 0 Å². The molecular weight excluding hydrogens is 273 g/mol. The van der Waals surface area contributed by atoms with E-state index in [1.165, 1.54) is 18.2 Å². The molecule has 0 fully saturated rings. The number of rotatable bonds is 6. The van der Waals surface area contributed by atoms with E-state index in [9.17, 15) is 4.39 Å². The van der Waals surface area contributed by atoms with Gasteiger partial charge in [0.2, 0.25) is 0 Å². The molecule has 0 saturated heterocycles. The molecule has 0 aliphatic rings. The van der Waals surface area contributed by atoms with Crippen LogP contribution < -0.4 is 5.73 Å². The van der Waals surface area contributed by atoms with Crippen molar-refractivity contribution in [1.29, 1.82) is 0 Å². The van der Waals surface area contributed by atoms with E-state index in [1.807, 2.05) is 0 Å². The molecule has 0 saturated carbocycles. The first-order valence-corrected chi connectivity index (χ1v) is 6.73. The van der Waals surface area contributed by atoms with Gasteiger partial charge in [0.15, 0.2) is 5.82 Å². The number of aromatic nitrogens is 4. The van der Waals surface area contributed by atoms with Gasteiger partial charge in [-0.25, -0.2) is 9.07 Å². The van der Waals surface area contributed by atoms with E-state index in [4.69, 9.17) is 10.5 Å². The Morgan fingerprint density at radius 2 is 2.14 bits per heavy atom. The average molecular weight is 293 g/mol. The van der Waals surface area contributed by atoms with E-state index >= 15 is 0 Å². The molecule has 1 aromatic carbocycles. The molecule has 21 heavy (non-hydrogen) atoms. The first kappa shape index (κ1) is 15.4. The summed E-state index contributed by atoms with van der Waals surface area (Å²) in [5.41, 5.74) is 6.79. The summed E-state index contributed by atoms with van der Waals surface area (Å²) in [6.07, 6.45) is 0.863. The smallest absolute Gasteiger partial charge is 0.184 e. The number of tetrazole rings is 1. The molecule has 0 unspecified atom stereocenters. The quantitative estimate of drug-likeness (QED) is 0.825. The maximum atomic E-state index is 13.4. The lowest BCUT2D eigenvalue weighted by molar-refractivity contribution is 0.140. The monoisotopic (exact) mass is 293 g/mol. The molecule has 2 N–H and O–H groups in total. The standard InChI is InChI=1S/C14H20FN5O/c1-14(2,6-7-21-3)9-20-13(17-18-19-20)11-8-10(15)4-5-12(11)16/h4-5,8H,6-7,9,16H2,1-3H3. The van der Waals surface area contributed by atoms with Crippen molar-refractivity contribution in [3.05, 3.63) is 24.0 Å². The molecular formula is C14H20FN5O. The second-order valence-corrected chi connectivity index (χ2v) is 5.80. The van der Waals surface area contributed by atoms with Gasteiger partial charge < -0.3 is 10.5 Å². The van der Waals surface area contributed by atoms with Crippen molar-refractivity contribution >= 4 is 5.69 Å². The minimum atomic E-state index is -0.368. The van der Waals surface area contributed by atoms with Crippen LogP contribution in [0.3, 0.4) is 0 Å². The van der Waals surface area contributed by atoms with Gasteiger partial charge in [0.05, 0.1) is 6.54 Å². The third-order valence-electron chi connectivity index (χ3n) is 3.35. The zero-order valence-corrected chi connectivity index (χ0v) is 12.5. The van der Waals surface area contributed by atoms with Crippen LogP contribution in [0, 0.1) is 11.2 Å². The number of hydrogen-bond donors (Lipinski definition) is 1. The minimum Gasteiger partial charge on any atom is -0.398 e. The fourth-order valence-electron chi connectivity index (χ4n) is 2.09. The van der Waals surface area contributed by atoms with Crippen molar-refractivity contribution in [1.82, 2.24) is 20.2 Å². The molecule has 114 valence electrons. The Morgan fingerprint density at radius 1 is 1.38 bits per heavy atom. The predicted octanol–water partition coefficient (Wildman–Crippen LogP) is 2.12. The molecule has 0 atom stereocenters. The van der Waals surface area contributed by atoms with E-state index in [1.54, 1.807) is 11.8 Å². The number of nitrogens with zero attached hydrogens (tertiary/aromatic N) is 4. The molecule has 2 aromatic rings. The maximum absolute atomic E-state index is 13.4. The van der Waals surface area contributed by atoms with E-state index in [-0.39, 0.29) is 11.2 Å². The Hall–Kier alpha value is -2.02. The summed E-state index contributed by atoms with van der Waals surface area (Å²) < 4.78 is 20.2. The lowest BCUT2D eigenvalue weighted by atomic mass is 9.89. The molecule has 0 spiro atoms. The largest absolute Gasteiger partial charge is 0.398 e. The summed E-state index contributed by atoms with van der Waals surface area (Å²) >= 11 is 0. The molecule has 2 rings (SSSR count). The lowest BCUT2D eigenvalue weighted by Gasteiger charge is -2.24. The lowest BCUT2D eigenvalue weighted by Crippen LogP contribution is -2.23. The van der Waals surface area contributed by atoms with Crippen LogP contribution in [0.15, 0.2) is 18.2 Å². The number of methoxy groups -OCH3 is 1. The molecule has 1 aromatic heterocycles. The second kappa shape index (κ2) is 6.17. The first-order valence-electron chi connectivity index (χ1n) is 6.73. The summed E-state index contributed by atoms with van der Waals surface area (Å²) in [6.45, 7) is 5.46. The Labute approximate surface area is 123 Å². The van der Waals surface area contributed by atoms with Crippen LogP contribution in [0.1, 0.15) is 20.3 Å². The van der Waals surface area contributed by atoms with Gasteiger partial charge in [-0.3, -0.25) is 0 Å². The Bertz CT molecular complexity index is 611. The SMILES string of the molecule is COCCC(C)(C)Cn1nnnc1-c1cc(F)ccc1N. The maximum Gasteiger partial charge on any atom is 0.184 e. The van der Waals surface area contributed by atoms with Crippen molar-refractivity contribution < 1.29 is 9.13 Å². The van der Waals surface area contributed by atoms with Crippen LogP contribution in [0.2, 0.25) is 0 Å². The van der Waals surface area contributed by atoms with Crippen molar-refractivity contribution in [2.24, 2.45) is 5.41 Å². The third-order valence-corrected chi connectivity index (χ3v) is 3.35. The zero-order valence-electron chi connectivity index (χ0n) is 12.5.